The molecule has 4 atom stereocenters. The Morgan fingerprint density at radius 1 is 1.23 bits per heavy atom. The highest BCUT2D eigenvalue weighted by atomic mass is 16.3. The van der Waals surface area contributed by atoms with E-state index < -0.39 is 24.4 Å². The molecule has 0 unspecified atom stereocenters. The maximum absolute atomic E-state index is 10.2. The molecule has 0 rings (SSSR count). The number of hydrogen-bond donors (Lipinski definition) is 3. The second-order valence-corrected chi connectivity index (χ2v) is 3.31. The number of aliphatic hydroxyl groups is 3. The molecule has 0 amide bonds. The summed E-state index contributed by atoms with van der Waals surface area (Å²) in [5.74, 6) is 0. The van der Waals surface area contributed by atoms with Crippen molar-refractivity contribution in [3.8, 4) is 0 Å². The van der Waals surface area contributed by atoms with E-state index in [0.717, 1.165) is 0 Å². The monoisotopic (exact) mass is 191 g/mol. The van der Waals surface area contributed by atoms with Gasteiger partial charge in [0.05, 0.1) is 12.1 Å². The summed E-state index contributed by atoms with van der Waals surface area (Å²) in [5.41, 5.74) is 0. The van der Waals surface area contributed by atoms with E-state index in [1.54, 1.807) is 19.0 Å². The second kappa shape index (κ2) is 5.29. The smallest absolute Gasteiger partial charge is 0.151 e. The molecule has 13 heavy (non-hydrogen) atoms. The van der Waals surface area contributed by atoms with Gasteiger partial charge < -0.3 is 25.0 Å². The summed E-state index contributed by atoms with van der Waals surface area (Å²) in [4.78, 5) is 11.7. The van der Waals surface area contributed by atoms with Gasteiger partial charge >= 0.3 is 0 Å². The lowest BCUT2D eigenvalue weighted by Crippen LogP contribution is -2.51. The third-order valence-corrected chi connectivity index (χ3v) is 1.93. The zero-order chi connectivity index (χ0) is 10.6. The van der Waals surface area contributed by atoms with Crippen LogP contribution >= 0.6 is 0 Å². The molecule has 0 radical (unpaired) electrons. The fourth-order valence-electron chi connectivity index (χ4n) is 1.30. The van der Waals surface area contributed by atoms with Crippen molar-refractivity contribution in [2.45, 2.75) is 31.3 Å². The largest absolute Gasteiger partial charge is 0.392 e. The predicted molar refractivity (Wildman–Crippen MR) is 47.2 cm³/mol. The fraction of sp³-hybridized carbons (Fsp3) is 0.875. The van der Waals surface area contributed by atoms with E-state index in [1.165, 1.54) is 6.92 Å². The van der Waals surface area contributed by atoms with Gasteiger partial charge in [-0.3, -0.25) is 0 Å². The first-order valence-electron chi connectivity index (χ1n) is 4.07. The normalized spacial score (nSPS) is 20.8. The minimum Gasteiger partial charge on any atom is -0.392 e. The van der Waals surface area contributed by atoms with Crippen molar-refractivity contribution in [3.05, 3.63) is 0 Å². The number of rotatable bonds is 5. The average Bonchev–Trinajstić information content (AvgIpc) is 2.01. The van der Waals surface area contributed by atoms with Crippen LogP contribution in [0.3, 0.4) is 0 Å². The molecule has 0 aliphatic heterocycles. The van der Waals surface area contributed by atoms with Crippen molar-refractivity contribution >= 4 is 6.29 Å². The van der Waals surface area contributed by atoms with Crippen molar-refractivity contribution in [3.63, 3.8) is 0 Å². The highest BCUT2D eigenvalue weighted by molar-refractivity contribution is 5.56. The van der Waals surface area contributed by atoms with Crippen LogP contribution in [-0.4, -0.2) is 65.0 Å². The van der Waals surface area contributed by atoms with Crippen LogP contribution in [-0.2, 0) is 4.79 Å². The molecule has 0 aromatic heterocycles. The summed E-state index contributed by atoms with van der Waals surface area (Å²) in [7, 11) is 3.30. The summed E-state index contributed by atoms with van der Waals surface area (Å²) in [5, 5.41) is 27.7. The lowest BCUT2D eigenvalue weighted by molar-refractivity contribution is -0.125. The Morgan fingerprint density at radius 3 is 1.92 bits per heavy atom. The van der Waals surface area contributed by atoms with Gasteiger partial charge in [0.25, 0.3) is 0 Å². The van der Waals surface area contributed by atoms with Gasteiger partial charge in [-0.25, -0.2) is 0 Å². The number of aliphatic hydroxyl groups excluding tert-OH is 3. The minimum atomic E-state index is -1.46. The van der Waals surface area contributed by atoms with Gasteiger partial charge in [-0.1, -0.05) is 0 Å². The molecule has 0 spiro atoms. The molecule has 3 N–H and O–H groups in total. The molecule has 0 aliphatic rings. The van der Waals surface area contributed by atoms with E-state index in [9.17, 15) is 15.0 Å². The molecule has 78 valence electrons. The van der Waals surface area contributed by atoms with Gasteiger partial charge in [0, 0.05) is 0 Å². The molecule has 5 heteroatoms. The zero-order valence-corrected chi connectivity index (χ0v) is 8.08. The van der Waals surface area contributed by atoms with Gasteiger partial charge in [-0.2, -0.15) is 0 Å². The van der Waals surface area contributed by atoms with Crippen molar-refractivity contribution in [1.82, 2.24) is 4.90 Å². The predicted octanol–water partition coefficient (Wildman–Crippen LogP) is -1.78. The van der Waals surface area contributed by atoms with E-state index in [1.807, 2.05) is 0 Å². The number of aldehydes is 1. The van der Waals surface area contributed by atoms with Crippen LogP contribution in [0, 0.1) is 0 Å². The summed E-state index contributed by atoms with van der Waals surface area (Å²) < 4.78 is 0. The second-order valence-electron chi connectivity index (χ2n) is 3.31. The van der Waals surface area contributed by atoms with Crippen LogP contribution in [0.15, 0.2) is 0 Å². The maximum Gasteiger partial charge on any atom is 0.151 e. The minimum absolute atomic E-state index is 0.254. The summed E-state index contributed by atoms with van der Waals surface area (Å²) in [6.07, 6.45) is -3.29. The molecule has 0 bridgehead atoms. The number of likely N-dealkylation sites (N-methyl/N-ethyl adjacent to an activating group) is 1. The number of nitrogens with zero attached hydrogens (tertiary/aromatic N) is 1. The van der Waals surface area contributed by atoms with Crippen molar-refractivity contribution in [2.75, 3.05) is 14.1 Å². The lowest BCUT2D eigenvalue weighted by atomic mass is 10.0. The van der Waals surface area contributed by atoms with E-state index in [2.05, 4.69) is 0 Å². The molecular weight excluding hydrogens is 174 g/mol. The molecular formula is C8H17NO4. The number of carbonyl (C=O) groups is 1. The first-order chi connectivity index (χ1) is 5.91. The Hall–Kier alpha value is -0.490. The van der Waals surface area contributed by atoms with Crippen molar-refractivity contribution in [2.24, 2.45) is 0 Å². The van der Waals surface area contributed by atoms with Crippen molar-refractivity contribution < 1.29 is 20.1 Å². The maximum atomic E-state index is 10.2. The van der Waals surface area contributed by atoms with Gasteiger partial charge in [-0.15, -0.1) is 0 Å². The number of hydrogen-bond acceptors (Lipinski definition) is 5. The van der Waals surface area contributed by atoms with Crippen LogP contribution in [0.2, 0.25) is 0 Å². The molecule has 5 nitrogen and oxygen atoms in total. The van der Waals surface area contributed by atoms with Crippen molar-refractivity contribution in [1.29, 1.82) is 0 Å². The van der Waals surface area contributed by atoms with Crippen LogP contribution in [0.1, 0.15) is 6.92 Å². The zero-order valence-electron chi connectivity index (χ0n) is 8.08. The van der Waals surface area contributed by atoms with E-state index >= 15 is 0 Å². The highest BCUT2D eigenvalue weighted by Gasteiger charge is 2.31. The molecule has 0 aromatic carbocycles. The Morgan fingerprint density at radius 2 is 1.69 bits per heavy atom. The molecule has 0 saturated heterocycles. The molecule has 0 fully saturated rings. The SMILES string of the molecule is C[C@@H](O)[C@H]([C@H](O)[C@@H](O)C=O)N(C)C. The van der Waals surface area contributed by atoms with E-state index in [0.29, 0.717) is 0 Å². The van der Waals surface area contributed by atoms with Gasteiger partial charge in [0.2, 0.25) is 0 Å². The fourth-order valence-corrected chi connectivity index (χ4v) is 1.30. The van der Waals surface area contributed by atoms with Crippen LogP contribution in [0.25, 0.3) is 0 Å². The Kier molecular flexibility index (Phi) is 5.09. The molecule has 0 aliphatic carbocycles. The first kappa shape index (κ1) is 12.5. The Bertz CT molecular complexity index is 152. The first-order valence-corrected chi connectivity index (χ1v) is 4.07. The van der Waals surface area contributed by atoms with Crippen LogP contribution in [0.5, 0.6) is 0 Å². The molecule has 0 saturated carbocycles. The lowest BCUT2D eigenvalue weighted by Gasteiger charge is -2.32. The quantitative estimate of drug-likeness (QED) is 0.448. The summed E-state index contributed by atoms with van der Waals surface area (Å²) in [6.45, 7) is 1.49. The Balaban J connectivity index is 4.45. The highest BCUT2D eigenvalue weighted by Crippen LogP contribution is 2.08. The van der Waals surface area contributed by atoms with Gasteiger partial charge in [-0.05, 0) is 21.0 Å². The summed E-state index contributed by atoms with van der Waals surface area (Å²) >= 11 is 0. The molecule has 0 aromatic rings. The average molecular weight is 191 g/mol. The van der Waals surface area contributed by atoms with Crippen LogP contribution < -0.4 is 0 Å². The number of carbonyl (C=O) groups excluding carboxylic acids is 1. The van der Waals surface area contributed by atoms with Gasteiger partial charge in [0.15, 0.2) is 6.29 Å². The molecule has 0 heterocycles. The summed E-state index contributed by atoms with van der Waals surface area (Å²) in [6, 6.07) is -0.653. The Labute approximate surface area is 77.6 Å². The van der Waals surface area contributed by atoms with Gasteiger partial charge in [0.1, 0.15) is 12.2 Å². The van der Waals surface area contributed by atoms with E-state index in [4.69, 9.17) is 5.11 Å². The standard InChI is InChI=1S/C8H17NO4/c1-5(11)7(9(2)3)8(13)6(12)4-10/h4-8,11-13H,1-3H3/t5-,6+,7-,8-/m1/s1. The third kappa shape index (κ3) is 3.40. The van der Waals surface area contributed by atoms with Crippen LogP contribution in [0.4, 0.5) is 0 Å². The third-order valence-electron chi connectivity index (χ3n) is 1.93. The topological polar surface area (TPSA) is 81.0 Å². The van der Waals surface area contributed by atoms with E-state index in [-0.39, 0.29) is 6.29 Å².